The Morgan fingerprint density at radius 2 is 2.43 bits per heavy atom. The number of nitrogens with one attached hydrogen (secondary N) is 1. The summed E-state index contributed by atoms with van der Waals surface area (Å²) >= 11 is 5.73. The average Bonchev–Trinajstić information content (AvgIpc) is 2.57. The van der Waals surface area contributed by atoms with Crippen LogP contribution in [0.4, 0.5) is 10.5 Å². The third-order valence-electron chi connectivity index (χ3n) is 1.59. The monoisotopic (exact) mass is 216 g/mol. The van der Waals surface area contributed by atoms with E-state index in [1.165, 1.54) is 6.20 Å². The summed E-state index contributed by atoms with van der Waals surface area (Å²) in [6.45, 7) is 0.0109. The van der Waals surface area contributed by atoms with E-state index >= 15 is 0 Å². The van der Waals surface area contributed by atoms with Crippen LogP contribution in [0.15, 0.2) is 6.20 Å². The molecule has 0 saturated carbocycles. The largest absolute Gasteiger partial charge is 0.465 e. The van der Waals surface area contributed by atoms with Gasteiger partial charge in [0.2, 0.25) is 12.5 Å². The molecule has 0 radical (unpaired) electrons. The fraction of sp³-hybridized carbons (Fsp3) is 0.143. The maximum absolute atomic E-state index is 10.4. The van der Waals surface area contributed by atoms with Crippen LogP contribution >= 0.6 is 11.6 Å². The number of hydrogen-bond donors (Lipinski definition) is 2. The molecule has 0 fully saturated rings. The van der Waals surface area contributed by atoms with Gasteiger partial charge < -0.3 is 14.6 Å². The number of ether oxygens (including phenoxy) is 2. The lowest BCUT2D eigenvalue weighted by Crippen LogP contribution is -2.08. The van der Waals surface area contributed by atoms with E-state index in [9.17, 15) is 4.79 Å². The van der Waals surface area contributed by atoms with E-state index < -0.39 is 6.09 Å². The Morgan fingerprint density at radius 1 is 1.64 bits per heavy atom. The number of carboxylic acid groups (broad SMARTS) is 1. The van der Waals surface area contributed by atoms with E-state index in [0.29, 0.717) is 0 Å². The average molecular weight is 217 g/mol. The van der Waals surface area contributed by atoms with E-state index in [2.05, 4.69) is 10.3 Å². The van der Waals surface area contributed by atoms with Gasteiger partial charge in [0, 0.05) is 0 Å². The molecule has 6 nitrogen and oxygen atoms in total. The lowest BCUT2D eigenvalue weighted by molar-refractivity contribution is 0.171. The number of halogens is 1. The van der Waals surface area contributed by atoms with Gasteiger partial charge in [-0.25, -0.2) is 9.78 Å². The quantitative estimate of drug-likeness (QED) is 0.745. The van der Waals surface area contributed by atoms with E-state index in [1.807, 2.05) is 0 Å². The normalized spacial score (nSPS) is 12.6. The van der Waals surface area contributed by atoms with Crippen molar-refractivity contribution in [2.75, 3.05) is 12.1 Å². The maximum Gasteiger partial charge on any atom is 0.409 e. The number of nitrogens with zero attached hydrogens (tertiary/aromatic N) is 1. The Hall–Kier alpha value is -1.69. The van der Waals surface area contributed by atoms with Crippen LogP contribution in [0.2, 0.25) is 5.02 Å². The van der Waals surface area contributed by atoms with E-state index in [4.69, 9.17) is 26.2 Å². The second-order valence-electron chi connectivity index (χ2n) is 2.45. The molecule has 14 heavy (non-hydrogen) atoms. The number of fused-ring (bicyclic) bond motifs is 1. The van der Waals surface area contributed by atoms with Gasteiger partial charge in [-0.2, -0.15) is 0 Å². The molecule has 7 heteroatoms. The highest BCUT2D eigenvalue weighted by Crippen LogP contribution is 2.41. The van der Waals surface area contributed by atoms with Crippen molar-refractivity contribution in [3.05, 3.63) is 11.2 Å². The van der Waals surface area contributed by atoms with Gasteiger partial charge in [0.05, 0.1) is 11.2 Å². The number of anilines is 1. The SMILES string of the molecule is O=C(O)Nc1c(Cl)cnc2c1OCO2. The smallest absolute Gasteiger partial charge is 0.409 e. The van der Waals surface area contributed by atoms with Crippen molar-refractivity contribution in [2.24, 2.45) is 0 Å². The molecule has 2 rings (SSSR count). The zero-order valence-electron chi connectivity index (χ0n) is 6.78. The predicted molar refractivity (Wildman–Crippen MR) is 47.0 cm³/mol. The second kappa shape index (κ2) is 3.22. The van der Waals surface area contributed by atoms with Crippen molar-refractivity contribution in [1.29, 1.82) is 0 Å². The molecular formula is C7H5ClN2O4. The first-order valence-electron chi connectivity index (χ1n) is 3.62. The van der Waals surface area contributed by atoms with Crippen molar-refractivity contribution in [3.63, 3.8) is 0 Å². The van der Waals surface area contributed by atoms with Crippen molar-refractivity contribution in [2.45, 2.75) is 0 Å². The molecule has 2 heterocycles. The van der Waals surface area contributed by atoms with Crippen molar-refractivity contribution < 1.29 is 19.4 Å². The van der Waals surface area contributed by atoms with Gasteiger partial charge in [-0.05, 0) is 0 Å². The fourth-order valence-electron chi connectivity index (χ4n) is 1.06. The molecule has 1 aliphatic heterocycles. The number of amides is 1. The summed E-state index contributed by atoms with van der Waals surface area (Å²) in [5.41, 5.74) is 0.154. The highest BCUT2D eigenvalue weighted by atomic mass is 35.5. The minimum Gasteiger partial charge on any atom is -0.465 e. The van der Waals surface area contributed by atoms with Crippen LogP contribution < -0.4 is 14.8 Å². The summed E-state index contributed by atoms with van der Waals surface area (Å²) in [7, 11) is 0. The van der Waals surface area contributed by atoms with E-state index in [1.54, 1.807) is 0 Å². The Bertz CT molecular complexity index is 396. The van der Waals surface area contributed by atoms with Crippen LogP contribution in [-0.4, -0.2) is 23.0 Å². The first-order valence-corrected chi connectivity index (χ1v) is 4.00. The number of aromatic nitrogens is 1. The summed E-state index contributed by atoms with van der Waals surface area (Å²) in [5, 5.41) is 10.8. The van der Waals surface area contributed by atoms with Gasteiger partial charge in [-0.15, -0.1) is 0 Å². The molecule has 0 aliphatic carbocycles. The van der Waals surface area contributed by atoms with E-state index in [-0.39, 0.29) is 29.1 Å². The predicted octanol–water partition coefficient (Wildman–Crippen LogP) is 1.55. The topological polar surface area (TPSA) is 80.7 Å². The molecule has 0 saturated heterocycles. The fourth-order valence-corrected chi connectivity index (χ4v) is 1.24. The maximum atomic E-state index is 10.4. The van der Waals surface area contributed by atoms with Crippen LogP contribution in [-0.2, 0) is 0 Å². The Balaban J connectivity index is 2.46. The number of rotatable bonds is 1. The third-order valence-corrected chi connectivity index (χ3v) is 1.87. The third kappa shape index (κ3) is 1.39. The lowest BCUT2D eigenvalue weighted by Gasteiger charge is -2.05. The first-order chi connectivity index (χ1) is 6.68. The highest BCUT2D eigenvalue weighted by molar-refractivity contribution is 6.34. The molecule has 1 aromatic heterocycles. The first kappa shape index (κ1) is 8.89. The van der Waals surface area contributed by atoms with Crippen LogP contribution in [0.5, 0.6) is 11.6 Å². The van der Waals surface area contributed by atoms with Gasteiger partial charge in [-0.1, -0.05) is 11.6 Å². The Labute approximate surface area is 83.4 Å². The van der Waals surface area contributed by atoms with Crippen molar-refractivity contribution >= 4 is 23.4 Å². The summed E-state index contributed by atoms with van der Waals surface area (Å²) in [4.78, 5) is 14.2. The lowest BCUT2D eigenvalue weighted by atomic mass is 10.3. The molecule has 1 amide bonds. The number of hydrogen-bond acceptors (Lipinski definition) is 4. The molecule has 0 bridgehead atoms. The summed E-state index contributed by atoms with van der Waals surface area (Å²) in [6, 6.07) is 0. The zero-order valence-corrected chi connectivity index (χ0v) is 7.54. The summed E-state index contributed by atoms with van der Waals surface area (Å²) in [6.07, 6.45) is 0.0659. The molecule has 0 unspecified atom stereocenters. The van der Waals surface area contributed by atoms with Gasteiger partial charge in [-0.3, -0.25) is 5.32 Å². The standard InChI is InChI=1S/C7H5ClN2O4/c8-3-1-9-6-5(13-2-14-6)4(3)10-7(11)12/h1H,2H2,(H,9,10)(H,11,12). The Morgan fingerprint density at radius 3 is 3.14 bits per heavy atom. The number of carbonyl (C=O) groups is 1. The van der Waals surface area contributed by atoms with Crippen LogP contribution in [0.25, 0.3) is 0 Å². The van der Waals surface area contributed by atoms with Gasteiger partial charge >= 0.3 is 6.09 Å². The van der Waals surface area contributed by atoms with Gasteiger partial charge in [0.1, 0.15) is 5.69 Å². The molecule has 0 spiro atoms. The van der Waals surface area contributed by atoms with Gasteiger partial charge in [0.25, 0.3) is 5.88 Å². The van der Waals surface area contributed by atoms with E-state index in [0.717, 1.165) is 0 Å². The molecule has 1 aromatic rings. The van der Waals surface area contributed by atoms with Crippen molar-refractivity contribution in [3.8, 4) is 11.6 Å². The molecule has 2 N–H and O–H groups in total. The highest BCUT2D eigenvalue weighted by Gasteiger charge is 2.23. The number of pyridine rings is 1. The van der Waals surface area contributed by atoms with Crippen molar-refractivity contribution in [1.82, 2.24) is 4.98 Å². The molecule has 1 aliphatic rings. The Kier molecular flexibility index (Phi) is 2.05. The van der Waals surface area contributed by atoms with Crippen LogP contribution in [0.1, 0.15) is 0 Å². The van der Waals surface area contributed by atoms with Crippen LogP contribution in [0.3, 0.4) is 0 Å². The summed E-state index contributed by atoms with van der Waals surface area (Å²) < 4.78 is 9.97. The second-order valence-corrected chi connectivity index (χ2v) is 2.86. The minimum atomic E-state index is -1.23. The van der Waals surface area contributed by atoms with Crippen LogP contribution in [0, 0.1) is 0 Å². The molecule has 0 atom stereocenters. The minimum absolute atomic E-state index is 0.0109. The zero-order chi connectivity index (χ0) is 10.1. The van der Waals surface area contributed by atoms with Gasteiger partial charge in [0.15, 0.2) is 0 Å². The molecule has 74 valence electrons. The molecular weight excluding hydrogens is 212 g/mol. The molecule has 0 aromatic carbocycles. The summed E-state index contributed by atoms with van der Waals surface area (Å²) in [5.74, 6) is 0.457.